The molecule has 0 fully saturated rings. The fourth-order valence-corrected chi connectivity index (χ4v) is 2.96. The van der Waals surface area contributed by atoms with E-state index in [4.69, 9.17) is 4.74 Å². The highest BCUT2D eigenvalue weighted by molar-refractivity contribution is 5.81. The van der Waals surface area contributed by atoms with Crippen molar-refractivity contribution in [2.24, 2.45) is 9.98 Å². The maximum Gasteiger partial charge on any atom is 0.321 e. The number of pyridine rings is 1. The summed E-state index contributed by atoms with van der Waals surface area (Å²) in [5.41, 5.74) is 3.18. The number of carbonyl (C=O) groups excluding carboxylic acids is 1. The second-order valence-corrected chi connectivity index (χ2v) is 7.79. The van der Waals surface area contributed by atoms with Crippen molar-refractivity contribution in [1.82, 2.24) is 19.6 Å². The number of urea groups is 1. The Bertz CT molecular complexity index is 1360. The lowest BCUT2D eigenvalue weighted by molar-refractivity contribution is 0.220. The van der Waals surface area contributed by atoms with Crippen LogP contribution in [0.25, 0.3) is 5.65 Å². The summed E-state index contributed by atoms with van der Waals surface area (Å²) in [4.78, 5) is 25.7. The Kier molecular flexibility index (Phi) is 8.94. The molecule has 2 amide bonds. The third-order valence-electron chi connectivity index (χ3n) is 4.74. The summed E-state index contributed by atoms with van der Waals surface area (Å²) >= 11 is 0. The minimum Gasteiger partial charge on any atom is -0.457 e. The Balaban J connectivity index is 1.52. The summed E-state index contributed by atoms with van der Waals surface area (Å²) < 4.78 is 7.94. The molecule has 0 bridgehead atoms. The third kappa shape index (κ3) is 7.56. The monoisotopic (exact) mass is 483 g/mol. The van der Waals surface area contributed by atoms with E-state index in [-0.39, 0.29) is 6.03 Å². The number of aliphatic imine (C=N–C) groups is 2. The molecule has 0 saturated heterocycles. The summed E-state index contributed by atoms with van der Waals surface area (Å²) in [6.45, 7) is 9.51. The molecule has 184 valence electrons. The normalized spacial score (nSPS) is 11.9. The first-order chi connectivity index (χ1) is 17.4. The van der Waals surface area contributed by atoms with E-state index in [1.807, 2.05) is 54.0 Å². The van der Waals surface area contributed by atoms with Crippen LogP contribution in [-0.2, 0) is 0 Å². The van der Waals surface area contributed by atoms with Gasteiger partial charge >= 0.3 is 6.03 Å². The summed E-state index contributed by atoms with van der Waals surface area (Å²) in [6.07, 6.45) is 15.1. The third-order valence-corrected chi connectivity index (χ3v) is 4.74. The molecule has 0 spiro atoms. The number of benzene rings is 1. The van der Waals surface area contributed by atoms with Crippen molar-refractivity contribution in [1.29, 1.82) is 0 Å². The average molecular weight is 484 g/mol. The molecule has 0 radical (unpaired) electrons. The number of nitrogens with one attached hydrogen (secondary N) is 2. The van der Waals surface area contributed by atoms with E-state index in [0.717, 1.165) is 22.6 Å². The smallest absolute Gasteiger partial charge is 0.321 e. The number of amides is 2. The number of nitrogens with zero attached hydrogens (tertiary/aromatic N) is 5. The van der Waals surface area contributed by atoms with Gasteiger partial charge in [0, 0.05) is 56.4 Å². The van der Waals surface area contributed by atoms with Crippen LogP contribution >= 0.6 is 0 Å². The molecular formula is C27H29N7O2. The van der Waals surface area contributed by atoms with Gasteiger partial charge in [-0.2, -0.15) is 0 Å². The molecule has 0 aliphatic heterocycles. The van der Waals surface area contributed by atoms with Crippen molar-refractivity contribution in [3.8, 4) is 11.5 Å². The van der Waals surface area contributed by atoms with Crippen LogP contribution in [0.1, 0.15) is 5.56 Å². The van der Waals surface area contributed by atoms with Gasteiger partial charge in [-0.15, -0.1) is 0 Å². The maximum atomic E-state index is 11.8. The van der Waals surface area contributed by atoms with Gasteiger partial charge < -0.3 is 24.7 Å². The van der Waals surface area contributed by atoms with Crippen molar-refractivity contribution < 1.29 is 9.53 Å². The lowest BCUT2D eigenvalue weighted by Gasteiger charge is -2.12. The minimum atomic E-state index is -0.237. The van der Waals surface area contributed by atoms with Crippen LogP contribution in [-0.4, -0.2) is 47.0 Å². The predicted molar refractivity (Wildman–Crippen MR) is 146 cm³/mol. The lowest BCUT2D eigenvalue weighted by atomic mass is 10.2. The van der Waals surface area contributed by atoms with Crippen molar-refractivity contribution in [3.05, 3.63) is 103 Å². The Morgan fingerprint density at radius 3 is 2.81 bits per heavy atom. The molecule has 0 unspecified atom stereocenters. The van der Waals surface area contributed by atoms with E-state index in [0.29, 0.717) is 17.3 Å². The zero-order valence-corrected chi connectivity index (χ0v) is 20.5. The van der Waals surface area contributed by atoms with Crippen molar-refractivity contribution in [2.75, 3.05) is 19.4 Å². The summed E-state index contributed by atoms with van der Waals surface area (Å²) in [7, 11) is 3.33. The van der Waals surface area contributed by atoms with Gasteiger partial charge in [-0.25, -0.2) is 19.8 Å². The van der Waals surface area contributed by atoms with Gasteiger partial charge in [-0.05, 0) is 55.0 Å². The van der Waals surface area contributed by atoms with Gasteiger partial charge in [0.2, 0.25) is 0 Å². The number of carbonyl (C=O) groups is 1. The van der Waals surface area contributed by atoms with Crippen LogP contribution in [0.2, 0.25) is 0 Å². The first kappa shape index (κ1) is 25.7. The van der Waals surface area contributed by atoms with Crippen LogP contribution in [0.3, 0.4) is 0 Å². The van der Waals surface area contributed by atoms with Gasteiger partial charge in [-0.1, -0.05) is 19.2 Å². The summed E-state index contributed by atoms with van der Waals surface area (Å²) in [5, 5.41) is 5.87. The van der Waals surface area contributed by atoms with Crippen LogP contribution in [0, 0.1) is 6.92 Å². The number of fused-ring (bicyclic) bond motifs is 1. The number of aryl methyl sites for hydroxylation is 1. The number of anilines is 1. The van der Waals surface area contributed by atoms with Crippen LogP contribution in [0.15, 0.2) is 108 Å². The second kappa shape index (κ2) is 12.5. The summed E-state index contributed by atoms with van der Waals surface area (Å²) in [5.74, 6) is 1.89. The Morgan fingerprint density at radius 1 is 1.22 bits per heavy atom. The van der Waals surface area contributed by atoms with E-state index in [9.17, 15) is 4.79 Å². The van der Waals surface area contributed by atoms with E-state index in [1.165, 1.54) is 11.2 Å². The summed E-state index contributed by atoms with van der Waals surface area (Å²) in [6, 6.07) is 9.26. The molecule has 0 atom stereocenters. The van der Waals surface area contributed by atoms with Gasteiger partial charge in [-0.3, -0.25) is 0 Å². The predicted octanol–water partition coefficient (Wildman–Crippen LogP) is 5.31. The number of rotatable bonds is 10. The quantitative estimate of drug-likeness (QED) is 0.232. The SMILES string of the molecule is C=C\C=C(/C=C\C=N/C=N\C(=C)Nc1ccc(Oc2ccn3ccnc3c2)c(C)c1)NC(=O)N(C)C. The van der Waals surface area contributed by atoms with E-state index in [2.05, 4.69) is 38.8 Å². The fourth-order valence-electron chi connectivity index (χ4n) is 2.96. The van der Waals surface area contributed by atoms with E-state index < -0.39 is 0 Å². The number of imidazole rings is 1. The second-order valence-electron chi connectivity index (χ2n) is 7.79. The molecule has 0 saturated carbocycles. The fraction of sp³-hybridized carbons (Fsp3) is 0.111. The first-order valence-corrected chi connectivity index (χ1v) is 11.1. The zero-order chi connectivity index (χ0) is 25.9. The average Bonchev–Trinajstić information content (AvgIpc) is 3.31. The largest absolute Gasteiger partial charge is 0.457 e. The zero-order valence-electron chi connectivity index (χ0n) is 20.5. The molecule has 2 N–H and O–H groups in total. The van der Waals surface area contributed by atoms with Gasteiger partial charge in [0.05, 0.1) is 0 Å². The maximum absolute atomic E-state index is 11.8. The Labute approximate surface area is 210 Å². The molecule has 1 aromatic carbocycles. The van der Waals surface area contributed by atoms with Gasteiger partial charge in [0.1, 0.15) is 29.3 Å². The van der Waals surface area contributed by atoms with Gasteiger partial charge in [0.25, 0.3) is 0 Å². The number of aromatic nitrogens is 2. The van der Waals surface area contributed by atoms with Crippen LogP contribution in [0.5, 0.6) is 11.5 Å². The Hall–Kier alpha value is -4.92. The molecule has 2 aromatic heterocycles. The number of allylic oxidation sites excluding steroid dienone is 4. The highest BCUT2D eigenvalue weighted by Crippen LogP contribution is 2.28. The standard InChI is InChI=1S/C27H29N7O2/c1-6-8-22(32-27(35)33(4)5)9-7-13-28-19-30-21(3)31-23-10-11-25(20(2)17-23)36-24-12-15-34-16-14-29-26(34)18-24/h6-19,31H,1,3H2,2,4-5H3,(H,32,35)/b9-7-,22-8+,28-13-,30-19-. The number of hydrogen-bond acceptors (Lipinski definition) is 5. The van der Waals surface area contributed by atoms with Crippen LogP contribution < -0.4 is 15.4 Å². The van der Waals surface area contributed by atoms with Crippen molar-refractivity contribution in [3.63, 3.8) is 0 Å². The van der Waals surface area contributed by atoms with E-state index in [1.54, 1.807) is 50.8 Å². The van der Waals surface area contributed by atoms with Crippen molar-refractivity contribution in [2.45, 2.75) is 6.92 Å². The molecule has 0 aliphatic carbocycles. The molecular weight excluding hydrogens is 454 g/mol. The Morgan fingerprint density at radius 2 is 2.06 bits per heavy atom. The molecule has 36 heavy (non-hydrogen) atoms. The number of hydrogen-bond donors (Lipinski definition) is 2. The lowest BCUT2D eigenvalue weighted by Crippen LogP contribution is -2.33. The van der Waals surface area contributed by atoms with Crippen molar-refractivity contribution >= 4 is 29.9 Å². The minimum absolute atomic E-state index is 0.237. The van der Waals surface area contributed by atoms with Crippen LogP contribution in [0.4, 0.5) is 10.5 Å². The molecule has 9 nitrogen and oxygen atoms in total. The molecule has 2 heterocycles. The molecule has 3 aromatic rings. The molecule has 3 rings (SSSR count). The van der Waals surface area contributed by atoms with E-state index >= 15 is 0 Å². The highest BCUT2D eigenvalue weighted by atomic mass is 16.5. The highest BCUT2D eigenvalue weighted by Gasteiger charge is 2.05. The van der Waals surface area contributed by atoms with Gasteiger partial charge in [0.15, 0.2) is 0 Å². The topological polar surface area (TPSA) is 95.6 Å². The molecule has 9 heteroatoms. The number of ether oxygens (including phenoxy) is 1. The first-order valence-electron chi connectivity index (χ1n) is 11.1. The molecule has 0 aliphatic rings.